The summed E-state index contributed by atoms with van der Waals surface area (Å²) in [5.74, 6) is 0.695. The minimum Gasteiger partial charge on any atom is -0.325 e. The fourth-order valence-electron chi connectivity index (χ4n) is 4.30. The number of carbonyl (C=O) groups excluding carboxylic acids is 2. The van der Waals surface area contributed by atoms with Gasteiger partial charge in [-0.25, -0.2) is 9.79 Å². The second-order valence-corrected chi connectivity index (χ2v) is 7.66. The highest BCUT2D eigenvalue weighted by molar-refractivity contribution is 6.08. The number of urea groups is 1. The number of hydrogen-bond donors (Lipinski definition) is 0. The summed E-state index contributed by atoms with van der Waals surface area (Å²) in [6.07, 6.45) is 1.33. The van der Waals surface area contributed by atoms with E-state index in [4.69, 9.17) is 4.99 Å². The van der Waals surface area contributed by atoms with Crippen molar-refractivity contribution in [2.24, 2.45) is 4.99 Å². The second-order valence-electron chi connectivity index (χ2n) is 7.66. The summed E-state index contributed by atoms with van der Waals surface area (Å²) in [6.45, 7) is 8.25. The number of amides is 3. The quantitative estimate of drug-likeness (QED) is 0.816. The third-order valence-corrected chi connectivity index (χ3v) is 5.76. The van der Waals surface area contributed by atoms with E-state index in [1.165, 1.54) is 16.0 Å². The number of nitrogens with zero attached hydrogens (tertiary/aromatic N) is 5. The molecular formula is C20H27N5O2. The van der Waals surface area contributed by atoms with E-state index >= 15 is 0 Å². The van der Waals surface area contributed by atoms with Gasteiger partial charge in [0.1, 0.15) is 0 Å². The number of unbranched alkanes of at least 4 members (excludes halogenated alkanes) is 1. The zero-order chi connectivity index (χ0) is 19.3. The van der Waals surface area contributed by atoms with Crippen LogP contribution in [0.2, 0.25) is 0 Å². The normalized spacial score (nSPS) is 24.5. The molecule has 27 heavy (non-hydrogen) atoms. The van der Waals surface area contributed by atoms with E-state index in [2.05, 4.69) is 48.8 Å². The molecule has 0 radical (unpaired) electrons. The van der Waals surface area contributed by atoms with E-state index in [0.717, 1.165) is 37.6 Å². The standard InChI is InChI=1S/C20H27N5O2/c1-5-6-9-25-18(26)16-17(22(4)20(25)27)21-19-23(10-11-24(16)19)15-8-7-13(2)12-14(15)3/h7-8,12,16-17H,5-6,9-11H2,1-4H3. The molecule has 0 aromatic heterocycles. The van der Waals surface area contributed by atoms with E-state index < -0.39 is 12.2 Å². The van der Waals surface area contributed by atoms with Crippen molar-refractivity contribution >= 4 is 23.6 Å². The van der Waals surface area contributed by atoms with Crippen LogP contribution in [0.5, 0.6) is 0 Å². The van der Waals surface area contributed by atoms with E-state index in [1.54, 1.807) is 11.9 Å². The number of likely N-dealkylation sites (N-methyl/N-ethyl adjacent to an activating group) is 1. The van der Waals surface area contributed by atoms with Crippen molar-refractivity contribution in [2.45, 2.75) is 45.8 Å². The van der Waals surface area contributed by atoms with Crippen molar-refractivity contribution in [1.29, 1.82) is 0 Å². The molecule has 7 heteroatoms. The van der Waals surface area contributed by atoms with Gasteiger partial charge in [0, 0.05) is 32.4 Å². The topological polar surface area (TPSA) is 59.5 Å². The Bertz CT molecular complexity index is 821. The maximum absolute atomic E-state index is 13.1. The Morgan fingerprint density at radius 2 is 1.96 bits per heavy atom. The number of hydrogen-bond acceptors (Lipinski definition) is 5. The lowest BCUT2D eigenvalue weighted by atomic mass is 10.1. The first-order chi connectivity index (χ1) is 12.9. The number of benzene rings is 1. The molecule has 0 bridgehead atoms. The molecule has 2 atom stereocenters. The molecule has 2 unspecified atom stereocenters. The zero-order valence-corrected chi connectivity index (χ0v) is 16.5. The van der Waals surface area contributed by atoms with Gasteiger partial charge in [0.2, 0.25) is 5.96 Å². The number of fused-ring (bicyclic) bond motifs is 3. The largest absolute Gasteiger partial charge is 0.328 e. The molecule has 2 saturated heterocycles. The Morgan fingerprint density at radius 1 is 1.19 bits per heavy atom. The van der Waals surface area contributed by atoms with Crippen LogP contribution in [0.3, 0.4) is 0 Å². The maximum atomic E-state index is 13.1. The Balaban J connectivity index is 1.65. The molecule has 1 aromatic carbocycles. The second kappa shape index (κ2) is 6.55. The van der Waals surface area contributed by atoms with Crippen LogP contribution >= 0.6 is 0 Å². The van der Waals surface area contributed by atoms with Gasteiger partial charge in [-0.2, -0.15) is 0 Å². The van der Waals surface area contributed by atoms with Gasteiger partial charge in [0.05, 0.1) is 0 Å². The Kier molecular flexibility index (Phi) is 4.32. The van der Waals surface area contributed by atoms with Gasteiger partial charge in [-0.1, -0.05) is 31.0 Å². The van der Waals surface area contributed by atoms with E-state index in [9.17, 15) is 9.59 Å². The lowest BCUT2D eigenvalue weighted by Gasteiger charge is -2.40. The van der Waals surface area contributed by atoms with Crippen molar-refractivity contribution in [3.05, 3.63) is 29.3 Å². The van der Waals surface area contributed by atoms with Crippen LogP contribution in [0, 0.1) is 13.8 Å². The molecule has 0 aliphatic carbocycles. The summed E-state index contributed by atoms with van der Waals surface area (Å²) >= 11 is 0. The summed E-state index contributed by atoms with van der Waals surface area (Å²) in [6, 6.07) is 5.73. The average Bonchev–Trinajstić information content (AvgIpc) is 3.19. The summed E-state index contributed by atoms with van der Waals surface area (Å²) < 4.78 is 0. The number of anilines is 1. The predicted molar refractivity (Wildman–Crippen MR) is 105 cm³/mol. The van der Waals surface area contributed by atoms with Gasteiger partial charge < -0.3 is 14.7 Å². The lowest BCUT2D eigenvalue weighted by Crippen LogP contribution is -2.64. The fraction of sp³-hybridized carbons (Fsp3) is 0.550. The number of rotatable bonds is 4. The van der Waals surface area contributed by atoms with Crippen LogP contribution in [0.4, 0.5) is 10.5 Å². The fourth-order valence-corrected chi connectivity index (χ4v) is 4.30. The Labute approximate surface area is 160 Å². The van der Waals surface area contributed by atoms with E-state index in [-0.39, 0.29) is 11.9 Å². The highest BCUT2D eigenvalue weighted by Gasteiger charge is 2.54. The number of carbonyl (C=O) groups is 2. The molecule has 2 fully saturated rings. The molecule has 3 heterocycles. The zero-order valence-electron chi connectivity index (χ0n) is 16.5. The van der Waals surface area contributed by atoms with Crippen molar-refractivity contribution in [1.82, 2.24) is 14.7 Å². The highest BCUT2D eigenvalue weighted by Crippen LogP contribution is 2.34. The monoisotopic (exact) mass is 369 g/mol. The van der Waals surface area contributed by atoms with Crippen LogP contribution in [0.15, 0.2) is 23.2 Å². The summed E-state index contributed by atoms with van der Waals surface area (Å²) in [7, 11) is 1.75. The van der Waals surface area contributed by atoms with Gasteiger partial charge in [0.25, 0.3) is 5.91 Å². The molecule has 0 spiro atoms. The van der Waals surface area contributed by atoms with Crippen LogP contribution in [-0.4, -0.2) is 71.5 Å². The first-order valence-electron chi connectivity index (χ1n) is 9.71. The van der Waals surface area contributed by atoms with Crippen LogP contribution in [0.25, 0.3) is 0 Å². The van der Waals surface area contributed by atoms with Crippen LogP contribution in [-0.2, 0) is 4.79 Å². The number of aryl methyl sites for hydroxylation is 2. The van der Waals surface area contributed by atoms with Crippen LogP contribution < -0.4 is 4.90 Å². The summed E-state index contributed by atoms with van der Waals surface area (Å²) in [5.41, 5.74) is 3.53. The summed E-state index contributed by atoms with van der Waals surface area (Å²) in [4.78, 5) is 37.9. The van der Waals surface area contributed by atoms with Crippen molar-refractivity contribution in [3.63, 3.8) is 0 Å². The minimum atomic E-state index is -0.438. The molecule has 144 valence electrons. The maximum Gasteiger partial charge on any atom is 0.328 e. The molecule has 3 aliphatic rings. The van der Waals surface area contributed by atoms with Crippen molar-refractivity contribution < 1.29 is 9.59 Å². The van der Waals surface area contributed by atoms with Crippen molar-refractivity contribution in [3.8, 4) is 0 Å². The van der Waals surface area contributed by atoms with Crippen molar-refractivity contribution in [2.75, 3.05) is 31.6 Å². The smallest absolute Gasteiger partial charge is 0.325 e. The minimum absolute atomic E-state index is 0.113. The molecule has 3 amide bonds. The SMILES string of the molecule is CCCCN1C(=O)C2C(N=C3N(c4ccc(C)cc4C)CCN32)N(C)C1=O. The predicted octanol–water partition coefficient (Wildman–Crippen LogP) is 2.18. The highest BCUT2D eigenvalue weighted by atomic mass is 16.2. The first kappa shape index (κ1) is 17.8. The third-order valence-electron chi connectivity index (χ3n) is 5.76. The van der Waals surface area contributed by atoms with Gasteiger partial charge in [-0.3, -0.25) is 9.69 Å². The van der Waals surface area contributed by atoms with E-state index in [1.807, 2.05) is 0 Å². The number of imide groups is 1. The number of aliphatic imine (C=N–C) groups is 1. The molecular weight excluding hydrogens is 342 g/mol. The molecule has 3 aliphatic heterocycles. The lowest BCUT2D eigenvalue weighted by molar-refractivity contribution is -0.137. The molecule has 4 rings (SSSR count). The molecule has 0 saturated carbocycles. The Hall–Kier alpha value is -2.57. The molecule has 7 nitrogen and oxygen atoms in total. The Morgan fingerprint density at radius 3 is 2.67 bits per heavy atom. The third kappa shape index (κ3) is 2.67. The molecule has 1 aromatic rings. The molecule has 0 N–H and O–H groups in total. The first-order valence-corrected chi connectivity index (χ1v) is 9.71. The van der Waals surface area contributed by atoms with Gasteiger partial charge in [-0.05, 0) is 31.9 Å². The van der Waals surface area contributed by atoms with E-state index in [0.29, 0.717) is 6.54 Å². The van der Waals surface area contributed by atoms with Gasteiger partial charge in [0.15, 0.2) is 12.2 Å². The van der Waals surface area contributed by atoms with Crippen LogP contribution in [0.1, 0.15) is 30.9 Å². The number of guanidine groups is 1. The average molecular weight is 369 g/mol. The van der Waals surface area contributed by atoms with Gasteiger partial charge >= 0.3 is 6.03 Å². The summed E-state index contributed by atoms with van der Waals surface area (Å²) in [5, 5.41) is 0. The van der Waals surface area contributed by atoms with Gasteiger partial charge in [-0.15, -0.1) is 0 Å².